The summed E-state index contributed by atoms with van der Waals surface area (Å²) >= 11 is 0. The van der Waals surface area contributed by atoms with Crippen molar-refractivity contribution in [1.82, 2.24) is 19.8 Å². The summed E-state index contributed by atoms with van der Waals surface area (Å²) < 4.78 is 1.75. The van der Waals surface area contributed by atoms with Crippen LogP contribution in [0.5, 0.6) is 0 Å². The molecule has 0 N–H and O–H groups in total. The molecule has 1 aromatic carbocycles. The first-order chi connectivity index (χ1) is 9.69. The van der Waals surface area contributed by atoms with Crippen LogP contribution in [0.2, 0.25) is 0 Å². The molecule has 0 aliphatic heterocycles. The smallest absolute Gasteiger partial charge is 0.185 e. The van der Waals surface area contributed by atoms with E-state index in [4.69, 9.17) is 0 Å². The van der Waals surface area contributed by atoms with Gasteiger partial charge in [-0.25, -0.2) is 0 Å². The van der Waals surface area contributed by atoms with Crippen molar-refractivity contribution in [2.24, 2.45) is 0 Å². The highest BCUT2D eigenvalue weighted by atomic mass is 15.3. The van der Waals surface area contributed by atoms with Gasteiger partial charge in [-0.15, -0.1) is 10.2 Å². The zero-order chi connectivity index (χ0) is 14.1. The van der Waals surface area contributed by atoms with Crippen LogP contribution in [-0.2, 0) is 6.42 Å². The molecule has 102 valence electrons. The Morgan fingerprint density at radius 2 is 2.05 bits per heavy atom. The van der Waals surface area contributed by atoms with Gasteiger partial charge >= 0.3 is 0 Å². The number of aromatic nitrogens is 4. The number of hydrogen-bond donors (Lipinski definition) is 0. The Bertz CT molecular complexity index is 745. The Balaban J connectivity index is 2.22. The van der Waals surface area contributed by atoms with E-state index in [0.29, 0.717) is 0 Å². The van der Waals surface area contributed by atoms with Crippen LogP contribution < -0.4 is 4.90 Å². The first-order valence-corrected chi connectivity index (χ1v) is 6.66. The minimum atomic E-state index is 0.790. The Hall–Kier alpha value is -2.43. The minimum absolute atomic E-state index is 0.790. The van der Waals surface area contributed by atoms with Gasteiger partial charge in [-0.3, -0.25) is 0 Å². The monoisotopic (exact) mass is 267 g/mol. The number of anilines is 1. The number of benzene rings is 1. The molecule has 0 spiro atoms. The first-order valence-electron chi connectivity index (χ1n) is 6.66. The third kappa shape index (κ3) is 2.11. The van der Waals surface area contributed by atoms with E-state index in [9.17, 15) is 0 Å². The van der Waals surface area contributed by atoms with Crippen LogP contribution in [0.1, 0.15) is 12.6 Å². The second kappa shape index (κ2) is 4.92. The molecule has 0 bridgehead atoms. The van der Waals surface area contributed by atoms with E-state index >= 15 is 0 Å². The van der Waals surface area contributed by atoms with Gasteiger partial charge in [0.25, 0.3) is 0 Å². The topological polar surface area (TPSA) is 46.3 Å². The van der Waals surface area contributed by atoms with E-state index < -0.39 is 0 Å². The highest BCUT2D eigenvalue weighted by molar-refractivity contribution is 5.79. The summed E-state index contributed by atoms with van der Waals surface area (Å²) in [7, 11) is 4.07. The van der Waals surface area contributed by atoms with Crippen molar-refractivity contribution in [2.75, 3.05) is 19.0 Å². The van der Waals surface area contributed by atoms with E-state index in [0.717, 1.165) is 34.6 Å². The van der Waals surface area contributed by atoms with E-state index in [1.54, 1.807) is 10.8 Å². The van der Waals surface area contributed by atoms with Crippen LogP contribution in [0.4, 0.5) is 5.69 Å². The molecule has 0 amide bonds. The Kier molecular flexibility index (Phi) is 3.10. The molecule has 3 aromatic rings. The molecule has 0 atom stereocenters. The number of rotatable bonds is 3. The summed E-state index contributed by atoms with van der Waals surface area (Å²) in [5, 5.41) is 12.6. The van der Waals surface area contributed by atoms with E-state index in [1.807, 2.05) is 14.1 Å². The quantitative estimate of drug-likeness (QED) is 0.731. The third-order valence-corrected chi connectivity index (χ3v) is 3.35. The van der Waals surface area contributed by atoms with Gasteiger partial charge in [0.05, 0.1) is 5.69 Å². The summed E-state index contributed by atoms with van der Waals surface area (Å²) in [6.07, 6.45) is 2.53. The molecule has 2 aromatic heterocycles. The third-order valence-electron chi connectivity index (χ3n) is 3.35. The van der Waals surface area contributed by atoms with Crippen molar-refractivity contribution in [1.29, 1.82) is 0 Å². The Morgan fingerprint density at radius 1 is 1.20 bits per heavy atom. The summed E-state index contributed by atoms with van der Waals surface area (Å²) in [6.45, 7) is 2.10. The van der Waals surface area contributed by atoms with Crippen LogP contribution in [0, 0.1) is 0 Å². The predicted octanol–water partition coefficient (Wildman–Crippen LogP) is 2.42. The number of nitrogens with zero attached hydrogens (tertiary/aromatic N) is 5. The van der Waals surface area contributed by atoms with Gasteiger partial charge in [-0.2, -0.15) is 9.61 Å². The molecule has 0 unspecified atom stereocenters. The maximum atomic E-state index is 4.48. The van der Waals surface area contributed by atoms with Crippen LogP contribution >= 0.6 is 0 Å². The average Bonchev–Trinajstić information content (AvgIpc) is 2.94. The van der Waals surface area contributed by atoms with Gasteiger partial charge < -0.3 is 4.90 Å². The molecule has 5 nitrogen and oxygen atoms in total. The second-order valence-electron chi connectivity index (χ2n) is 4.95. The minimum Gasteiger partial charge on any atom is -0.378 e. The summed E-state index contributed by atoms with van der Waals surface area (Å²) in [6, 6.07) is 10.5. The molecular formula is C15H17N5. The van der Waals surface area contributed by atoms with Crippen LogP contribution in [-0.4, -0.2) is 33.9 Å². The zero-order valence-corrected chi connectivity index (χ0v) is 11.9. The van der Waals surface area contributed by atoms with Crippen molar-refractivity contribution in [3.63, 3.8) is 0 Å². The van der Waals surface area contributed by atoms with Crippen molar-refractivity contribution >= 4 is 11.3 Å². The van der Waals surface area contributed by atoms with Crippen molar-refractivity contribution < 1.29 is 0 Å². The highest BCUT2D eigenvalue weighted by Crippen LogP contribution is 2.27. The van der Waals surface area contributed by atoms with Gasteiger partial charge in [0, 0.05) is 25.3 Å². The molecule has 0 aliphatic carbocycles. The SMILES string of the molecule is CCc1cc(-c2cccc(N(C)C)c2)c2nncn2n1. The van der Waals surface area contributed by atoms with Crippen molar-refractivity contribution in [3.8, 4) is 11.1 Å². The molecular weight excluding hydrogens is 250 g/mol. The highest BCUT2D eigenvalue weighted by Gasteiger charge is 2.10. The molecule has 3 rings (SSSR count). The van der Waals surface area contributed by atoms with Gasteiger partial charge in [0.15, 0.2) is 5.65 Å². The van der Waals surface area contributed by atoms with Crippen molar-refractivity contribution in [3.05, 3.63) is 42.4 Å². The molecule has 2 heterocycles. The largest absolute Gasteiger partial charge is 0.378 e. The lowest BCUT2D eigenvalue weighted by molar-refractivity contribution is 0.858. The predicted molar refractivity (Wildman–Crippen MR) is 79.9 cm³/mol. The molecule has 0 aliphatic rings. The van der Waals surface area contributed by atoms with Crippen LogP contribution in [0.25, 0.3) is 16.8 Å². The van der Waals surface area contributed by atoms with Gasteiger partial charge in [-0.05, 0) is 30.2 Å². The van der Waals surface area contributed by atoms with Crippen LogP contribution in [0.15, 0.2) is 36.7 Å². The van der Waals surface area contributed by atoms with E-state index in [-0.39, 0.29) is 0 Å². The first kappa shape index (κ1) is 12.6. The molecule has 20 heavy (non-hydrogen) atoms. The lowest BCUT2D eigenvalue weighted by Crippen LogP contribution is -2.08. The Labute approximate surface area is 117 Å². The summed E-state index contributed by atoms with van der Waals surface area (Å²) in [5.74, 6) is 0. The van der Waals surface area contributed by atoms with Gasteiger partial charge in [0.1, 0.15) is 6.33 Å². The van der Waals surface area contributed by atoms with Gasteiger partial charge in [0.2, 0.25) is 0 Å². The van der Waals surface area contributed by atoms with Crippen LogP contribution in [0.3, 0.4) is 0 Å². The zero-order valence-electron chi connectivity index (χ0n) is 11.9. The number of fused-ring (bicyclic) bond motifs is 1. The fourth-order valence-electron chi connectivity index (χ4n) is 2.22. The van der Waals surface area contributed by atoms with E-state index in [1.165, 1.54) is 0 Å². The normalized spacial score (nSPS) is 10.9. The molecule has 0 saturated heterocycles. The average molecular weight is 267 g/mol. The molecule has 0 saturated carbocycles. The van der Waals surface area contributed by atoms with Gasteiger partial charge in [-0.1, -0.05) is 19.1 Å². The lowest BCUT2D eigenvalue weighted by atomic mass is 10.1. The number of hydrogen-bond acceptors (Lipinski definition) is 4. The maximum Gasteiger partial charge on any atom is 0.185 e. The fourth-order valence-corrected chi connectivity index (χ4v) is 2.22. The molecule has 0 fully saturated rings. The van der Waals surface area contributed by atoms with E-state index in [2.05, 4.69) is 57.5 Å². The summed E-state index contributed by atoms with van der Waals surface area (Å²) in [4.78, 5) is 2.09. The Morgan fingerprint density at radius 3 is 2.80 bits per heavy atom. The second-order valence-corrected chi connectivity index (χ2v) is 4.95. The maximum absolute atomic E-state index is 4.48. The lowest BCUT2D eigenvalue weighted by Gasteiger charge is -2.14. The number of aryl methyl sites for hydroxylation is 1. The molecule has 0 radical (unpaired) electrons. The standard InChI is InChI=1S/C15H17N5/c1-4-12-9-14(15-17-16-10-20(15)18-12)11-6-5-7-13(8-11)19(2)3/h5-10H,4H2,1-3H3. The van der Waals surface area contributed by atoms with Crippen molar-refractivity contribution in [2.45, 2.75) is 13.3 Å². The summed E-state index contributed by atoms with van der Waals surface area (Å²) in [5.41, 5.74) is 5.18. The molecule has 5 heteroatoms. The fraction of sp³-hybridized carbons (Fsp3) is 0.267.